The molecule has 1 aliphatic rings. The number of aryl methyl sites for hydroxylation is 1. The van der Waals surface area contributed by atoms with Gasteiger partial charge in [0.05, 0.1) is 16.4 Å². The second kappa shape index (κ2) is 7.55. The minimum absolute atomic E-state index is 0.0391. The number of aromatic nitrogens is 2. The average molecular weight is 441 g/mol. The lowest BCUT2D eigenvalue weighted by Crippen LogP contribution is -2.39. The van der Waals surface area contributed by atoms with E-state index in [1.165, 1.54) is 0 Å². The van der Waals surface area contributed by atoms with Crippen molar-refractivity contribution < 1.29 is 30.5 Å². The molecule has 0 aliphatic carbocycles. The van der Waals surface area contributed by atoms with Crippen molar-refractivity contribution in [2.24, 2.45) is 0 Å². The molecule has 1 aromatic carbocycles. The summed E-state index contributed by atoms with van der Waals surface area (Å²) in [4.78, 5) is 3.92. The molecule has 160 valence electrons. The predicted octanol–water partition coefficient (Wildman–Crippen LogP) is 4.23. The minimum atomic E-state index is -4.62. The number of rotatable bonds is 4. The van der Waals surface area contributed by atoms with Gasteiger partial charge in [-0.05, 0) is 50.1 Å². The molecular weight excluding hydrogens is 423 g/mol. The highest BCUT2D eigenvalue weighted by Gasteiger charge is 2.36. The largest absolute Gasteiger partial charge is 0.458 e. The Morgan fingerprint density at radius 3 is 2.70 bits per heavy atom. The predicted molar refractivity (Wildman–Crippen MR) is 98.9 cm³/mol. The lowest BCUT2D eigenvalue weighted by Gasteiger charge is -2.30. The van der Waals surface area contributed by atoms with Gasteiger partial charge in [-0.2, -0.15) is 22.5 Å². The van der Waals surface area contributed by atoms with Gasteiger partial charge in [0, 0.05) is 13.1 Å². The molecule has 1 aliphatic heterocycles. The fourth-order valence-electron chi connectivity index (χ4n) is 3.40. The maximum Gasteiger partial charge on any atom is 0.416 e. The zero-order valence-electron chi connectivity index (χ0n) is 15.9. The van der Waals surface area contributed by atoms with Crippen molar-refractivity contribution in [2.45, 2.75) is 36.8 Å². The Hall–Kier alpha value is -2.66. The van der Waals surface area contributed by atoms with Crippen LogP contribution in [0.1, 0.15) is 36.0 Å². The van der Waals surface area contributed by atoms with Crippen LogP contribution in [-0.2, 0) is 16.2 Å². The highest BCUT2D eigenvalue weighted by molar-refractivity contribution is 7.89. The van der Waals surface area contributed by atoms with Gasteiger partial charge < -0.3 is 8.94 Å². The molecule has 1 saturated heterocycles. The molecule has 0 N–H and O–H groups in total. The van der Waals surface area contributed by atoms with Crippen LogP contribution in [0.5, 0.6) is 0 Å². The van der Waals surface area contributed by atoms with E-state index in [1.54, 1.807) is 19.1 Å². The molecule has 0 bridgehead atoms. The van der Waals surface area contributed by atoms with E-state index < -0.39 is 26.7 Å². The van der Waals surface area contributed by atoms with Gasteiger partial charge in [-0.1, -0.05) is 11.2 Å². The normalized spacial score (nSPS) is 18.6. The van der Waals surface area contributed by atoms with Crippen molar-refractivity contribution in [3.05, 3.63) is 53.6 Å². The molecule has 1 fully saturated rings. The summed E-state index contributed by atoms with van der Waals surface area (Å²) in [5, 5.41) is 3.89. The van der Waals surface area contributed by atoms with Gasteiger partial charge in [0.1, 0.15) is 5.76 Å². The molecule has 0 radical (unpaired) electrons. The van der Waals surface area contributed by atoms with E-state index in [4.69, 9.17) is 8.94 Å². The van der Waals surface area contributed by atoms with Crippen LogP contribution in [0.2, 0.25) is 0 Å². The second-order valence-corrected chi connectivity index (χ2v) is 9.03. The zero-order valence-corrected chi connectivity index (χ0v) is 16.7. The molecule has 3 heterocycles. The standard InChI is InChI=1S/C19H18F3N3O4S/c1-12-7-8-16(28-12)17-23-18(29-24-17)13-4-3-9-25(11-13)30(26,27)15-6-2-5-14(10-15)19(20,21)22/h2,5-8,10,13H,3-4,9,11H2,1H3. The molecule has 0 saturated carbocycles. The molecule has 0 amide bonds. The van der Waals surface area contributed by atoms with Crippen LogP contribution in [-0.4, -0.2) is 36.0 Å². The van der Waals surface area contributed by atoms with Crippen molar-refractivity contribution in [1.29, 1.82) is 0 Å². The van der Waals surface area contributed by atoms with Crippen molar-refractivity contribution in [3.8, 4) is 11.6 Å². The summed E-state index contributed by atoms with van der Waals surface area (Å²) in [6, 6.07) is 7.22. The van der Waals surface area contributed by atoms with Crippen LogP contribution in [0.3, 0.4) is 0 Å². The minimum Gasteiger partial charge on any atom is -0.458 e. The molecular formula is C19H18F3N3O4S. The van der Waals surface area contributed by atoms with Crippen molar-refractivity contribution >= 4 is 10.0 Å². The first kappa shape index (κ1) is 20.6. The molecule has 1 unspecified atom stereocenters. The highest BCUT2D eigenvalue weighted by atomic mass is 32.2. The van der Waals surface area contributed by atoms with Gasteiger partial charge in [-0.3, -0.25) is 0 Å². The van der Waals surface area contributed by atoms with E-state index in [1.807, 2.05) is 0 Å². The van der Waals surface area contributed by atoms with Crippen molar-refractivity contribution in [2.75, 3.05) is 13.1 Å². The van der Waals surface area contributed by atoms with Gasteiger partial charge in [0.25, 0.3) is 0 Å². The third-order valence-electron chi connectivity index (χ3n) is 4.93. The lowest BCUT2D eigenvalue weighted by atomic mass is 10.00. The number of hydrogen-bond acceptors (Lipinski definition) is 6. The summed E-state index contributed by atoms with van der Waals surface area (Å²) < 4.78 is 76.8. The SMILES string of the molecule is Cc1ccc(-c2noc(C3CCCN(S(=O)(=O)c4cccc(C(F)(F)F)c4)C3)n2)o1. The highest BCUT2D eigenvalue weighted by Crippen LogP contribution is 2.34. The number of furan rings is 1. The van der Waals surface area contributed by atoms with Crippen LogP contribution < -0.4 is 0 Å². The molecule has 3 aromatic rings. The Kier molecular flexibility index (Phi) is 5.18. The van der Waals surface area contributed by atoms with E-state index in [0.29, 0.717) is 30.4 Å². The lowest BCUT2D eigenvalue weighted by molar-refractivity contribution is -0.137. The van der Waals surface area contributed by atoms with Crippen molar-refractivity contribution in [3.63, 3.8) is 0 Å². The number of alkyl halides is 3. The third kappa shape index (κ3) is 3.99. The molecule has 0 spiro atoms. The molecule has 4 rings (SSSR count). The van der Waals surface area contributed by atoms with Crippen LogP contribution in [0, 0.1) is 6.92 Å². The fourth-order valence-corrected chi connectivity index (χ4v) is 4.97. The fraction of sp³-hybridized carbons (Fsp3) is 0.368. The van der Waals surface area contributed by atoms with Gasteiger partial charge in [-0.15, -0.1) is 0 Å². The summed E-state index contributed by atoms with van der Waals surface area (Å²) in [6.45, 7) is 2.02. The first-order chi connectivity index (χ1) is 14.1. The average Bonchev–Trinajstić information content (AvgIpc) is 3.37. The van der Waals surface area contributed by atoms with Gasteiger partial charge in [0.15, 0.2) is 5.76 Å². The topological polar surface area (TPSA) is 89.4 Å². The number of nitrogens with zero attached hydrogens (tertiary/aromatic N) is 3. The van der Waals surface area contributed by atoms with Crippen LogP contribution in [0.4, 0.5) is 13.2 Å². The molecule has 30 heavy (non-hydrogen) atoms. The first-order valence-electron chi connectivity index (χ1n) is 9.22. The van der Waals surface area contributed by atoms with Crippen molar-refractivity contribution in [1.82, 2.24) is 14.4 Å². The third-order valence-corrected chi connectivity index (χ3v) is 6.80. The van der Waals surface area contributed by atoms with Crippen LogP contribution >= 0.6 is 0 Å². The number of sulfonamides is 1. The first-order valence-corrected chi connectivity index (χ1v) is 10.7. The molecule has 1 atom stereocenters. The summed E-state index contributed by atoms with van der Waals surface area (Å²) in [5.41, 5.74) is -1.01. The molecule has 2 aromatic heterocycles. The molecule has 7 nitrogen and oxygen atoms in total. The number of hydrogen-bond donors (Lipinski definition) is 0. The quantitative estimate of drug-likeness (QED) is 0.602. The summed E-state index contributed by atoms with van der Waals surface area (Å²) >= 11 is 0. The Balaban J connectivity index is 1.56. The Bertz CT molecular complexity index is 1150. The summed E-state index contributed by atoms with van der Waals surface area (Å²) in [5.74, 6) is 1.29. The summed E-state index contributed by atoms with van der Waals surface area (Å²) in [6.07, 6.45) is -3.49. The van der Waals surface area contributed by atoms with Gasteiger partial charge >= 0.3 is 6.18 Å². The van der Waals surface area contributed by atoms with Gasteiger partial charge in [-0.25, -0.2) is 8.42 Å². The maximum absolute atomic E-state index is 13.0. The number of piperidine rings is 1. The maximum atomic E-state index is 13.0. The van der Waals surface area contributed by atoms with Crippen LogP contribution in [0.15, 0.2) is 50.2 Å². The van der Waals surface area contributed by atoms with E-state index in [0.717, 1.165) is 22.5 Å². The van der Waals surface area contributed by atoms with E-state index in [9.17, 15) is 21.6 Å². The Morgan fingerprint density at radius 1 is 1.20 bits per heavy atom. The van der Waals surface area contributed by atoms with E-state index in [-0.39, 0.29) is 30.7 Å². The number of benzene rings is 1. The summed E-state index contributed by atoms with van der Waals surface area (Å²) in [7, 11) is -4.10. The molecule has 11 heteroatoms. The monoisotopic (exact) mass is 441 g/mol. The van der Waals surface area contributed by atoms with Crippen LogP contribution in [0.25, 0.3) is 11.6 Å². The second-order valence-electron chi connectivity index (χ2n) is 7.09. The van der Waals surface area contributed by atoms with Gasteiger partial charge in [0.2, 0.25) is 21.7 Å². The number of halogens is 3. The van der Waals surface area contributed by atoms with E-state index in [2.05, 4.69) is 10.1 Å². The zero-order chi connectivity index (χ0) is 21.5. The smallest absolute Gasteiger partial charge is 0.416 e. The Labute approximate surface area is 170 Å². The Morgan fingerprint density at radius 2 is 2.00 bits per heavy atom. The van der Waals surface area contributed by atoms with E-state index >= 15 is 0 Å².